The van der Waals surface area contributed by atoms with E-state index in [4.69, 9.17) is 16.3 Å². The molecule has 1 aromatic carbocycles. The summed E-state index contributed by atoms with van der Waals surface area (Å²) in [5.41, 5.74) is 0. The highest BCUT2D eigenvalue weighted by molar-refractivity contribution is 6.30. The molecule has 0 spiro atoms. The van der Waals surface area contributed by atoms with Crippen LogP contribution in [0.15, 0.2) is 24.3 Å². The van der Waals surface area contributed by atoms with E-state index in [2.05, 4.69) is 10.6 Å². The Hall–Kier alpha value is -1.26. The highest BCUT2D eigenvalue weighted by atomic mass is 35.5. The maximum Gasteiger partial charge on any atom is 0.257 e. The molecule has 0 aliphatic carbocycles. The van der Waals surface area contributed by atoms with Crippen molar-refractivity contribution in [1.29, 1.82) is 0 Å². The Balaban J connectivity index is 1.60. The lowest BCUT2D eigenvalue weighted by Gasteiger charge is -2.11. The Morgan fingerprint density at radius 1 is 1.42 bits per heavy atom. The van der Waals surface area contributed by atoms with Crippen molar-refractivity contribution < 1.29 is 9.53 Å². The Bertz CT molecular complexity index is 402. The van der Waals surface area contributed by atoms with Crippen LogP contribution in [0.25, 0.3) is 0 Å². The third kappa shape index (κ3) is 5.09. The van der Waals surface area contributed by atoms with Crippen molar-refractivity contribution in [2.75, 3.05) is 19.7 Å². The first kappa shape index (κ1) is 14.2. The molecule has 1 heterocycles. The van der Waals surface area contributed by atoms with Crippen LogP contribution in [-0.4, -0.2) is 31.6 Å². The van der Waals surface area contributed by atoms with Crippen molar-refractivity contribution in [3.05, 3.63) is 29.3 Å². The predicted molar refractivity (Wildman–Crippen MR) is 75.6 cm³/mol. The SMILES string of the molecule is O=C(COc1ccc(Cl)cc1)NCC[C@H]1CCCN1. The van der Waals surface area contributed by atoms with Crippen molar-refractivity contribution in [2.45, 2.75) is 25.3 Å². The van der Waals surface area contributed by atoms with E-state index in [1.54, 1.807) is 24.3 Å². The first-order valence-electron chi connectivity index (χ1n) is 6.62. The maximum absolute atomic E-state index is 11.6. The third-order valence-electron chi connectivity index (χ3n) is 3.16. The van der Waals surface area contributed by atoms with Gasteiger partial charge < -0.3 is 15.4 Å². The zero-order valence-electron chi connectivity index (χ0n) is 10.8. The summed E-state index contributed by atoms with van der Waals surface area (Å²) >= 11 is 5.76. The first-order chi connectivity index (χ1) is 9.24. The molecule has 4 nitrogen and oxygen atoms in total. The Labute approximate surface area is 118 Å². The topological polar surface area (TPSA) is 50.4 Å². The number of rotatable bonds is 6. The molecule has 1 saturated heterocycles. The van der Waals surface area contributed by atoms with Crippen molar-refractivity contribution in [2.24, 2.45) is 0 Å². The lowest BCUT2D eigenvalue weighted by molar-refractivity contribution is -0.123. The molecule has 2 rings (SSSR count). The van der Waals surface area contributed by atoms with E-state index < -0.39 is 0 Å². The van der Waals surface area contributed by atoms with Gasteiger partial charge in [-0.15, -0.1) is 0 Å². The molecule has 0 unspecified atom stereocenters. The molecule has 1 aliphatic rings. The average molecular weight is 283 g/mol. The molecule has 104 valence electrons. The van der Waals surface area contributed by atoms with E-state index in [1.165, 1.54) is 12.8 Å². The lowest BCUT2D eigenvalue weighted by atomic mass is 10.1. The summed E-state index contributed by atoms with van der Waals surface area (Å²) in [6.45, 7) is 1.83. The minimum absolute atomic E-state index is 0.0414. The molecule has 5 heteroatoms. The molecule has 0 bridgehead atoms. The van der Waals surface area contributed by atoms with Gasteiger partial charge in [-0.25, -0.2) is 0 Å². The number of ether oxygens (including phenoxy) is 1. The molecule has 19 heavy (non-hydrogen) atoms. The lowest BCUT2D eigenvalue weighted by Crippen LogP contribution is -2.33. The van der Waals surface area contributed by atoms with E-state index in [0.29, 0.717) is 23.4 Å². The molecule has 0 aromatic heterocycles. The van der Waals surface area contributed by atoms with Gasteiger partial charge in [0.25, 0.3) is 5.91 Å². The summed E-state index contributed by atoms with van der Waals surface area (Å²) in [6, 6.07) is 7.52. The summed E-state index contributed by atoms with van der Waals surface area (Å²) in [7, 11) is 0. The second-order valence-electron chi connectivity index (χ2n) is 4.67. The molecule has 0 radical (unpaired) electrons. The molecule has 1 atom stereocenters. The van der Waals surface area contributed by atoms with Crippen molar-refractivity contribution >= 4 is 17.5 Å². The van der Waals surface area contributed by atoms with Crippen LogP contribution in [0.2, 0.25) is 5.02 Å². The summed E-state index contributed by atoms with van der Waals surface area (Å²) in [4.78, 5) is 11.6. The highest BCUT2D eigenvalue weighted by Gasteiger charge is 2.13. The van der Waals surface area contributed by atoms with Gasteiger partial charge >= 0.3 is 0 Å². The minimum Gasteiger partial charge on any atom is -0.484 e. The summed E-state index contributed by atoms with van der Waals surface area (Å²) in [5, 5.41) is 6.91. The summed E-state index contributed by atoms with van der Waals surface area (Å²) in [6.07, 6.45) is 3.42. The van der Waals surface area contributed by atoms with Gasteiger partial charge in [-0.3, -0.25) is 4.79 Å². The number of amides is 1. The molecule has 1 aromatic rings. The minimum atomic E-state index is -0.0899. The van der Waals surface area contributed by atoms with Gasteiger partial charge in [0.15, 0.2) is 6.61 Å². The number of hydrogen-bond donors (Lipinski definition) is 2. The zero-order chi connectivity index (χ0) is 13.5. The highest BCUT2D eigenvalue weighted by Crippen LogP contribution is 2.15. The standard InChI is InChI=1S/C14H19ClN2O2/c15-11-3-5-13(6-4-11)19-10-14(18)17-9-7-12-2-1-8-16-12/h3-6,12,16H,1-2,7-10H2,(H,17,18)/t12-/m1/s1. The fourth-order valence-corrected chi connectivity index (χ4v) is 2.25. The van der Waals surface area contributed by atoms with Gasteiger partial charge in [0.2, 0.25) is 0 Å². The van der Waals surface area contributed by atoms with E-state index in [-0.39, 0.29) is 12.5 Å². The van der Waals surface area contributed by atoms with Crippen molar-refractivity contribution in [3.63, 3.8) is 0 Å². The quantitative estimate of drug-likeness (QED) is 0.839. The van der Waals surface area contributed by atoms with Crippen molar-refractivity contribution in [3.8, 4) is 5.75 Å². The van der Waals surface area contributed by atoms with Gasteiger partial charge in [-0.05, 0) is 50.1 Å². The molecular weight excluding hydrogens is 264 g/mol. The summed E-state index contributed by atoms with van der Waals surface area (Å²) < 4.78 is 5.36. The van der Waals surface area contributed by atoms with Crippen LogP contribution in [0.5, 0.6) is 5.75 Å². The van der Waals surface area contributed by atoms with E-state index >= 15 is 0 Å². The molecule has 2 N–H and O–H groups in total. The molecular formula is C14H19ClN2O2. The van der Waals surface area contributed by atoms with Gasteiger partial charge in [0.1, 0.15) is 5.75 Å². The fraction of sp³-hybridized carbons (Fsp3) is 0.500. The predicted octanol–water partition coefficient (Wildman–Crippen LogP) is 1.98. The van der Waals surface area contributed by atoms with Crippen LogP contribution in [0.4, 0.5) is 0 Å². The molecule has 1 fully saturated rings. The number of carbonyl (C=O) groups excluding carboxylic acids is 1. The Morgan fingerprint density at radius 2 is 2.21 bits per heavy atom. The molecule has 1 aliphatic heterocycles. The monoisotopic (exact) mass is 282 g/mol. The average Bonchev–Trinajstić information content (AvgIpc) is 2.91. The van der Waals surface area contributed by atoms with Crippen LogP contribution >= 0.6 is 11.6 Å². The largest absolute Gasteiger partial charge is 0.484 e. The smallest absolute Gasteiger partial charge is 0.257 e. The molecule has 0 saturated carbocycles. The first-order valence-corrected chi connectivity index (χ1v) is 7.00. The van der Waals surface area contributed by atoms with Gasteiger partial charge in [-0.1, -0.05) is 11.6 Å². The number of nitrogens with one attached hydrogen (secondary N) is 2. The van der Waals surface area contributed by atoms with Crippen LogP contribution in [0.1, 0.15) is 19.3 Å². The molecule has 1 amide bonds. The summed E-state index contributed by atoms with van der Waals surface area (Å²) in [5.74, 6) is 0.560. The second kappa shape index (κ2) is 7.36. The zero-order valence-corrected chi connectivity index (χ0v) is 11.6. The maximum atomic E-state index is 11.6. The second-order valence-corrected chi connectivity index (χ2v) is 5.11. The number of halogens is 1. The normalized spacial score (nSPS) is 18.3. The van der Waals surface area contributed by atoms with Gasteiger partial charge in [-0.2, -0.15) is 0 Å². The van der Waals surface area contributed by atoms with Crippen LogP contribution in [0, 0.1) is 0 Å². The Morgan fingerprint density at radius 3 is 2.89 bits per heavy atom. The fourth-order valence-electron chi connectivity index (χ4n) is 2.12. The van der Waals surface area contributed by atoms with E-state index in [0.717, 1.165) is 13.0 Å². The van der Waals surface area contributed by atoms with Crippen LogP contribution in [0.3, 0.4) is 0 Å². The number of carbonyl (C=O) groups is 1. The van der Waals surface area contributed by atoms with E-state index in [1.807, 2.05) is 0 Å². The van der Waals surface area contributed by atoms with E-state index in [9.17, 15) is 4.79 Å². The van der Waals surface area contributed by atoms with Gasteiger partial charge in [0.05, 0.1) is 0 Å². The number of benzene rings is 1. The van der Waals surface area contributed by atoms with Crippen molar-refractivity contribution in [1.82, 2.24) is 10.6 Å². The third-order valence-corrected chi connectivity index (χ3v) is 3.41. The van der Waals surface area contributed by atoms with Crippen LogP contribution < -0.4 is 15.4 Å². The Kier molecular flexibility index (Phi) is 5.48. The number of hydrogen-bond acceptors (Lipinski definition) is 3. The van der Waals surface area contributed by atoms with Gasteiger partial charge in [0, 0.05) is 17.6 Å². The van der Waals surface area contributed by atoms with Crippen LogP contribution in [-0.2, 0) is 4.79 Å².